The molecule has 0 bridgehead atoms. The van der Waals surface area contributed by atoms with Gasteiger partial charge in [0.1, 0.15) is 0 Å². The first kappa shape index (κ1) is 12.9. The van der Waals surface area contributed by atoms with Crippen LogP contribution in [0.15, 0.2) is 30.3 Å². The van der Waals surface area contributed by atoms with E-state index in [-0.39, 0.29) is 18.3 Å². The monoisotopic (exact) mass is 214 g/mol. The molecule has 0 aliphatic heterocycles. The lowest BCUT2D eigenvalue weighted by Crippen LogP contribution is -2.37. The summed E-state index contributed by atoms with van der Waals surface area (Å²) in [5, 5.41) is 2.73. The average Bonchev–Trinajstić information content (AvgIpc) is 2.15. The van der Waals surface area contributed by atoms with Crippen molar-refractivity contribution in [3.05, 3.63) is 35.9 Å². The SMILES string of the molecule is C[C@H](N)C(=O)NCc1ccccc1.Cl. The predicted octanol–water partition coefficient (Wildman–Crippen LogP) is 1.07. The van der Waals surface area contributed by atoms with Gasteiger partial charge in [-0.05, 0) is 12.5 Å². The number of rotatable bonds is 3. The molecule has 1 amide bonds. The molecule has 0 aliphatic rings. The van der Waals surface area contributed by atoms with Crippen LogP contribution in [-0.4, -0.2) is 11.9 Å². The third kappa shape index (κ3) is 4.25. The molecule has 3 N–H and O–H groups in total. The third-order valence-corrected chi connectivity index (χ3v) is 1.72. The summed E-state index contributed by atoms with van der Waals surface area (Å²) in [4.78, 5) is 11.1. The van der Waals surface area contributed by atoms with E-state index in [2.05, 4.69) is 5.32 Å². The van der Waals surface area contributed by atoms with Gasteiger partial charge >= 0.3 is 0 Å². The molecule has 0 fully saturated rings. The van der Waals surface area contributed by atoms with E-state index in [1.54, 1.807) is 6.92 Å². The van der Waals surface area contributed by atoms with Crippen LogP contribution >= 0.6 is 12.4 Å². The highest BCUT2D eigenvalue weighted by Gasteiger charge is 2.05. The maximum absolute atomic E-state index is 11.1. The Balaban J connectivity index is 0.00000169. The van der Waals surface area contributed by atoms with E-state index in [0.717, 1.165) is 5.56 Å². The lowest BCUT2D eigenvalue weighted by Gasteiger charge is -2.06. The van der Waals surface area contributed by atoms with Crippen LogP contribution in [0.5, 0.6) is 0 Å². The van der Waals surface area contributed by atoms with Crippen LogP contribution in [0.1, 0.15) is 12.5 Å². The van der Waals surface area contributed by atoms with E-state index in [1.807, 2.05) is 30.3 Å². The van der Waals surface area contributed by atoms with Crippen molar-refractivity contribution in [3.63, 3.8) is 0 Å². The summed E-state index contributed by atoms with van der Waals surface area (Å²) in [6, 6.07) is 9.30. The van der Waals surface area contributed by atoms with Gasteiger partial charge in [0.2, 0.25) is 5.91 Å². The molecule has 1 aromatic rings. The molecule has 0 unspecified atom stereocenters. The zero-order valence-corrected chi connectivity index (χ0v) is 8.88. The van der Waals surface area contributed by atoms with E-state index in [0.29, 0.717) is 6.54 Å². The molecule has 0 aliphatic carbocycles. The molecule has 0 saturated heterocycles. The van der Waals surface area contributed by atoms with Crippen molar-refractivity contribution in [2.45, 2.75) is 19.5 Å². The number of carbonyl (C=O) groups excluding carboxylic acids is 1. The highest BCUT2D eigenvalue weighted by Crippen LogP contribution is 1.96. The first-order chi connectivity index (χ1) is 6.20. The van der Waals surface area contributed by atoms with Gasteiger partial charge in [0.15, 0.2) is 0 Å². The minimum atomic E-state index is -0.441. The summed E-state index contributed by atoms with van der Waals surface area (Å²) in [5.74, 6) is -0.121. The number of benzene rings is 1. The molecule has 1 atom stereocenters. The van der Waals surface area contributed by atoms with Crippen LogP contribution in [0.25, 0.3) is 0 Å². The molecule has 1 rings (SSSR count). The Morgan fingerprint density at radius 1 is 1.43 bits per heavy atom. The van der Waals surface area contributed by atoms with Crippen LogP contribution in [0.3, 0.4) is 0 Å². The van der Waals surface area contributed by atoms with E-state index < -0.39 is 6.04 Å². The van der Waals surface area contributed by atoms with Gasteiger partial charge in [-0.1, -0.05) is 30.3 Å². The summed E-state index contributed by atoms with van der Waals surface area (Å²) in [7, 11) is 0. The van der Waals surface area contributed by atoms with E-state index in [9.17, 15) is 4.79 Å². The largest absolute Gasteiger partial charge is 0.351 e. The second-order valence-electron chi connectivity index (χ2n) is 2.99. The van der Waals surface area contributed by atoms with Crippen LogP contribution in [0.2, 0.25) is 0 Å². The maximum atomic E-state index is 11.1. The minimum Gasteiger partial charge on any atom is -0.351 e. The van der Waals surface area contributed by atoms with Crippen molar-refractivity contribution in [1.29, 1.82) is 0 Å². The lowest BCUT2D eigenvalue weighted by molar-refractivity contribution is -0.122. The van der Waals surface area contributed by atoms with Gasteiger partial charge in [0.05, 0.1) is 6.04 Å². The molecule has 4 heteroatoms. The number of amides is 1. The molecule has 78 valence electrons. The summed E-state index contributed by atoms with van der Waals surface area (Å²) >= 11 is 0. The highest BCUT2D eigenvalue weighted by atomic mass is 35.5. The Bertz CT molecular complexity index is 275. The lowest BCUT2D eigenvalue weighted by atomic mass is 10.2. The zero-order valence-electron chi connectivity index (χ0n) is 8.07. The van der Waals surface area contributed by atoms with Crippen molar-refractivity contribution in [3.8, 4) is 0 Å². The summed E-state index contributed by atoms with van der Waals surface area (Å²) in [6.07, 6.45) is 0. The van der Waals surface area contributed by atoms with E-state index in [1.165, 1.54) is 0 Å². The average molecular weight is 215 g/mol. The molecule has 0 spiro atoms. The third-order valence-electron chi connectivity index (χ3n) is 1.72. The molecule has 0 saturated carbocycles. The van der Waals surface area contributed by atoms with Crippen molar-refractivity contribution >= 4 is 18.3 Å². The van der Waals surface area contributed by atoms with Crippen LogP contribution in [0, 0.1) is 0 Å². The molecule has 14 heavy (non-hydrogen) atoms. The smallest absolute Gasteiger partial charge is 0.236 e. The van der Waals surface area contributed by atoms with Crippen molar-refractivity contribution in [1.82, 2.24) is 5.32 Å². The number of hydrogen-bond donors (Lipinski definition) is 2. The number of carbonyl (C=O) groups is 1. The maximum Gasteiger partial charge on any atom is 0.236 e. The fraction of sp³-hybridized carbons (Fsp3) is 0.300. The Morgan fingerprint density at radius 3 is 2.50 bits per heavy atom. The Hall–Kier alpha value is -1.06. The quantitative estimate of drug-likeness (QED) is 0.791. The summed E-state index contributed by atoms with van der Waals surface area (Å²) < 4.78 is 0. The van der Waals surface area contributed by atoms with Crippen molar-refractivity contribution in [2.24, 2.45) is 5.73 Å². The van der Waals surface area contributed by atoms with E-state index >= 15 is 0 Å². The standard InChI is InChI=1S/C10H14N2O.ClH/c1-8(11)10(13)12-7-9-5-3-2-4-6-9;/h2-6,8H,7,11H2,1H3,(H,12,13);1H/t8-;/m0./s1. The number of nitrogens with two attached hydrogens (primary N) is 1. The van der Waals surface area contributed by atoms with Gasteiger partial charge in [0.25, 0.3) is 0 Å². The molecular formula is C10H15ClN2O. The summed E-state index contributed by atoms with van der Waals surface area (Å²) in [5.41, 5.74) is 6.47. The Labute approximate surface area is 90.1 Å². The number of hydrogen-bond acceptors (Lipinski definition) is 2. The van der Waals surface area contributed by atoms with Gasteiger partial charge in [-0.2, -0.15) is 0 Å². The molecule has 3 nitrogen and oxygen atoms in total. The van der Waals surface area contributed by atoms with Gasteiger partial charge in [-0.25, -0.2) is 0 Å². The van der Waals surface area contributed by atoms with Gasteiger partial charge in [0, 0.05) is 6.54 Å². The first-order valence-corrected chi connectivity index (χ1v) is 4.27. The highest BCUT2D eigenvalue weighted by molar-refractivity contribution is 5.85. The normalized spacial score (nSPS) is 11.3. The Kier molecular flexibility index (Phi) is 5.92. The molecule has 0 radical (unpaired) electrons. The molecular weight excluding hydrogens is 200 g/mol. The van der Waals surface area contributed by atoms with Crippen molar-refractivity contribution < 1.29 is 4.79 Å². The number of nitrogens with one attached hydrogen (secondary N) is 1. The van der Waals surface area contributed by atoms with Crippen molar-refractivity contribution in [2.75, 3.05) is 0 Å². The van der Waals surface area contributed by atoms with Crippen LogP contribution in [-0.2, 0) is 11.3 Å². The Morgan fingerprint density at radius 2 is 2.00 bits per heavy atom. The summed E-state index contributed by atoms with van der Waals surface area (Å²) in [6.45, 7) is 2.21. The van der Waals surface area contributed by atoms with Crippen LogP contribution < -0.4 is 11.1 Å². The second-order valence-corrected chi connectivity index (χ2v) is 2.99. The molecule has 0 heterocycles. The van der Waals surface area contributed by atoms with E-state index in [4.69, 9.17) is 5.73 Å². The first-order valence-electron chi connectivity index (χ1n) is 4.27. The predicted molar refractivity (Wildman–Crippen MR) is 59.2 cm³/mol. The fourth-order valence-corrected chi connectivity index (χ4v) is 0.946. The second kappa shape index (κ2) is 6.40. The number of halogens is 1. The van der Waals surface area contributed by atoms with Crippen LogP contribution in [0.4, 0.5) is 0 Å². The topological polar surface area (TPSA) is 55.1 Å². The van der Waals surface area contributed by atoms with Gasteiger partial charge < -0.3 is 11.1 Å². The zero-order chi connectivity index (χ0) is 9.68. The molecule has 0 aromatic heterocycles. The molecule has 1 aromatic carbocycles. The van der Waals surface area contributed by atoms with Gasteiger partial charge in [-0.3, -0.25) is 4.79 Å². The van der Waals surface area contributed by atoms with Gasteiger partial charge in [-0.15, -0.1) is 12.4 Å². The fourth-order valence-electron chi connectivity index (χ4n) is 0.946. The minimum absolute atomic E-state index is 0.